The van der Waals surface area contributed by atoms with Crippen molar-refractivity contribution in [3.63, 3.8) is 0 Å². The second-order valence-corrected chi connectivity index (χ2v) is 7.27. The Kier molecular flexibility index (Phi) is 4.21. The Balaban J connectivity index is 2.13. The molecule has 1 aliphatic heterocycles. The minimum absolute atomic E-state index is 0.0448. The van der Waals surface area contributed by atoms with Gasteiger partial charge in [0.1, 0.15) is 11.6 Å². The van der Waals surface area contributed by atoms with Crippen LogP contribution in [0.2, 0.25) is 0 Å². The molecule has 1 aromatic heterocycles. The molecule has 2 rings (SSSR count). The topological polar surface area (TPSA) is 49.0 Å². The number of rotatable bonds is 2. The Morgan fingerprint density at radius 2 is 1.90 bits per heavy atom. The van der Waals surface area contributed by atoms with Gasteiger partial charge in [0.25, 0.3) is 5.56 Å². The Morgan fingerprint density at radius 3 is 2.40 bits per heavy atom. The van der Waals surface area contributed by atoms with Gasteiger partial charge >= 0.3 is 0 Å². The Morgan fingerprint density at radius 1 is 1.30 bits per heavy atom. The zero-order valence-corrected chi connectivity index (χ0v) is 13.4. The zero-order valence-electron chi connectivity index (χ0n) is 13.4. The van der Waals surface area contributed by atoms with Crippen molar-refractivity contribution in [2.75, 3.05) is 18.0 Å². The van der Waals surface area contributed by atoms with E-state index in [0.717, 1.165) is 30.6 Å². The van der Waals surface area contributed by atoms with E-state index >= 15 is 0 Å². The van der Waals surface area contributed by atoms with Crippen LogP contribution in [0.3, 0.4) is 0 Å². The largest absolute Gasteiger partial charge is 0.356 e. The number of nitrogens with one attached hydrogen (secondary N) is 1. The smallest absolute Gasteiger partial charge is 0.252 e. The van der Waals surface area contributed by atoms with Crippen molar-refractivity contribution in [1.82, 2.24) is 9.97 Å². The molecule has 0 aliphatic carbocycles. The van der Waals surface area contributed by atoms with E-state index in [2.05, 4.69) is 35.6 Å². The average Bonchev–Trinajstić information content (AvgIpc) is 2.37. The first kappa shape index (κ1) is 15.1. The summed E-state index contributed by atoms with van der Waals surface area (Å²) in [5.41, 5.74) is 0.327. The number of anilines is 1. The van der Waals surface area contributed by atoms with Crippen LogP contribution in [0.25, 0.3) is 0 Å². The Bertz CT molecular complexity index is 505. The SMILES string of the molecule is CC(C)c1nc(N2CCC(C(C)(C)C)CC2)cc(=O)[nH]1. The highest BCUT2D eigenvalue weighted by Gasteiger charge is 2.29. The van der Waals surface area contributed by atoms with Crippen LogP contribution in [-0.4, -0.2) is 23.1 Å². The maximum absolute atomic E-state index is 11.8. The monoisotopic (exact) mass is 277 g/mol. The quantitative estimate of drug-likeness (QED) is 0.903. The number of hydrogen-bond donors (Lipinski definition) is 1. The lowest BCUT2D eigenvalue weighted by atomic mass is 9.75. The van der Waals surface area contributed by atoms with Gasteiger partial charge in [-0.15, -0.1) is 0 Å². The standard InChI is InChI=1S/C16H27N3O/c1-11(2)15-17-13(10-14(20)18-15)19-8-6-12(7-9-19)16(3,4)5/h10-12H,6-9H2,1-5H3,(H,17,18,20). The lowest BCUT2D eigenvalue weighted by Crippen LogP contribution is -2.39. The molecule has 1 aliphatic rings. The molecule has 2 heterocycles. The maximum Gasteiger partial charge on any atom is 0.252 e. The zero-order chi connectivity index (χ0) is 14.9. The summed E-state index contributed by atoms with van der Waals surface area (Å²) < 4.78 is 0. The molecule has 4 nitrogen and oxygen atoms in total. The molecule has 0 atom stereocenters. The molecule has 20 heavy (non-hydrogen) atoms. The fourth-order valence-corrected chi connectivity index (χ4v) is 2.87. The molecule has 1 saturated heterocycles. The summed E-state index contributed by atoms with van der Waals surface area (Å²) in [6.07, 6.45) is 2.35. The van der Waals surface area contributed by atoms with Gasteiger partial charge < -0.3 is 9.88 Å². The van der Waals surface area contributed by atoms with Gasteiger partial charge in [0.15, 0.2) is 0 Å². The van der Waals surface area contributed by atoms with Crippen LogP contribution in [0.15, 0.2) is 10.9 Å². The number of aromatic nitrogens is 2. The number of piperidine rings is 1. The molecule has 0 unspecified atom stereocenters. The predicted octanol–water partition coefficient (Wildman–Crippen LogP) is 3.16. The molecule has 0 spiro atoms. The fourth-order valence-electron chi connectivity index (χ4n) is 2.87. The summed E-state index contributed by atoms with van der Waals surface area (Å²) in [4.78, 5) is 21.5. The van der Waals surface area contributed by atoms with Gasteiger partial charge in [-0.05, 0) is 24.2 Å². The number of H-pyrrole nitrogens is 1. The molecule has 1 fully saturated rings. The third kappa shape index (κ3) is 3.41. The molecule has 1 N–H and O–H groups in total. The van der Waals surface area contributed by atoms with Crippen LogP contribution in [0.4, 0.5) is 5.82 Å². The molecular formula is C16H27N3O. The number of hydrogen-bond acceptors (Lipinski definition) is 3. The Labute approximate surface area is 121 Å². The van der Waals surface area contributed by atoms with Gasteiger partial charge in [0.05, 0.1) is 0 Å². The van der Waals surface area contributed by atoms with Crippen LogP contribution in [0.5, 0.6) is 0 Å². The fraction of sp³-hybridized carbons (Fsp3) is 0.750. The highest BCUT2D eigenvalue weighted by molar-refractivity contribution is 5.38. The third-order valence-corrected chi connectivity index (χ3v) is 4.34. The molecule has 1 aromatic rings. The van der Waals surface area contributed by atoms with Gasteiger partial charge in [0, 0.05) is 25.1 Å². The average molecular weight is 277 g/mol. The second kappa shape index (κ2) is 5.58. The molecule has 0 amide bonds. The van der Waals surface area contributed by atoms with Gasteiger partial charge in [-0.1, -0.05) is 34.6 Å². The summed E-state index contributed by atoms with van der Waals surface area (Å²) in [5.74, 6) is 2.62. The first-order chi connectivity index (χ1) is 9.27. The van der Waals surface area contributed by atoms with E-state index in [1.165, 1.54) is 12.8 Å². The van der Waals surface area contributed by atoms with Crippen LogP contribution in [-0.2, 0) is 0 Å². The first-order valence-corrected chi connectivity index (χ1v) is 7.63. The summed E-state index contributed by atoms with van der Waals surface area (Å²) in [5, 5.41) is 0. The van der Waals surface area contributed by atoms with E-state index in [4.69, 9.17) is 0 Å². The van der Waals surface area contributed by atoms with E-state index in [9.17, 15) is 4.79 Å². The van der Waals surface area contributed by atoms with Gasteiger partial charge in [0.2, 0.25) is 0 Å². The predicted molar refractivity (Wildman–Crippen MR) is 83.3 cm³/mol. The van der Waals surface area contributed by atoms with Crippen molar-refractivity contribution in [2.24, 2.45) is 11.3 Å². The van der Waals surface area contributed by atoms with E-state index in [1.54, 1.807) is 6.07 Å². The summed E-state index contributed by atoms with van der Waals surface area (Å²) >= 11 is 0. The minimum Gasteiger partial charge on any atom is -0.356 e. The van der Waals surface area contributed by atoms with Crippen molar-refractivity contribution >= 4 is 5.82 Å². The van der Waals surface area contributed by atoms with Gasteiger partial charge in [-0.2, -0.15) is 0 Å². The lowest BCUT2D eigenvalue weighted by molar-refractivity contribution is 0.198. The van der Waals surface area contributed by atoms with Crippen LogP contribution in [0, 0.1) is 11.3 Å². The van der Waals surface area contributed by atoms with E-state index in [1.807, 2.05) is 13.8 Å². The van der Waals surface area contributed by atoms with Crippen molar-refractivity contribution in [3.05, 3.63) is 22.2 Å². The Hall–Kier alpha value is -1.32. The first-order valence-electron chi connectivity index (χ1n) is 7.63. The maximum atomic E-state index is 11.8. The lowest BCUT2D eigenvalue weighted by Gasteiger charge is -2.39. The number of aromatic amines is 1. The summed E-state index contributed by atoms with van der Waals surface area (Å²) in [6.45, 7) is 13.0. The molecular weight excluding hydrogens is 250 g/mol. The van der Waals surface area contributed by atoms with Crippen molar-refractivity contribution in [1.29, 1.82) is 0 Å². The van der Waals surface area contributed by atoms with Gasteiger partial charge in [-0.3, -0.25) is 4.79 Å². The summed E-state index contributed by atoms with van der Waals surface area (Å²) in [6, 6.07) is 1.63. The van der Waals surface area contributed by atoms with E-state index in [0.29, 0.717) is 5.41 Å². The van der Waals surface area contributed by atoms with Crippen LogP contribution >= 0.6 is 0 Å². The van der Waals surface area contributed by atoms with Crippen molar-refractivity contribution in [3.8, 4) is 0 Å². The molecule has 112 valence electrons. The van der Waals surface area contributed by atoms with Crippen molar-refractivity contribution in [2.45, 2.75) is 53.4 Å². The highest BCUT2D eigenvalue weighted by Crippen LogP contribution is 2.35. The van der Waals surface area contributed by atoms with Crippen LogP contribution in [0.1, 0.15) is 59.2 Å². The molecule has 0 radical (unpaired) electrons. The highest BCUT2D eigenvalue weighted by atomic mass is 16.1. The second-order valence-electron chi connectivity index (χ2n) is 7.27. The number of nitrogens with zero attached hydrogens (tertiary/aromatic N) is 2. The minimum atomic E-state index is -0.0448. The summed E-state index contributed by atoms with van der Waals surface area (Å²) in [7, 11) is 0. The molecule has 0 bridgehead atoms. The van der Waals surface area contributed by atoms with Crippen LogP contribution < -0.4 is 10.5 Å². The third-order valence-electron chi connectivity index (χ3n) is 4.34. The normalized spacial score (nSPS) is 17.8. The van der Waals surface area contributed by atoms with E-state index < -0.39 is 0 Å². The molecule has 4 heteroatoms. The molecule has 0 aromatic carbocycles. The van der Waals surface area contributed by atoms with Gasteiger partial charge in [-0.25, -0.2) is 4.98 Å². The van der Waals surface area contributed by atoms with E-state index in [-0.39, 0.29) is 11.5 Å². The van der Waals surface area contributed by atoms with Crippen molar-refractivity contribution < 1.29 is 0 Å². The molecule has 0 saturated carbocycles.